The minimum absolute atomic E-state index is 0.164. The van der Waals surface area contributed by atoms with Crippen molar-refractivity contribution in [3.63, 3.8) is 0 Å². The van der Waals surface area contributed by atoms with Crippen molar-refractivity contribution in [3.05, 3.63) is 46.8 Å². The first-order chi connectivity index (χ1) is 15.2. The summed E-state index contributed by atoms with van der Waals surface area (Å²) >= 11 is 1.24. The summed E-state index contributed by atoms with van der Waals surface area (Å²) in [5.41, 5.74) is 8.11. The molecule has 1 aromatic heterocycles. The number of nitrogens with zero attached hydrogens (tertiary/aromatic N) is 4. The number of hydrogen-bond donors (Lipinski definition) is 1. The molecule has 174 valence electrons. The van der Waals surface area contributed by atoms with Crippen LogP contribution in [0.25, 0.3) is 0 Å². The molecule has 2 atom stereocenters. The fraction of sp³-hybridized carbons (Fsp3) is 0.476. The van der Waals surface area contributed by atoms with Gasteiger partial charge in [0.25, 0.3) is 5.91 Å². The van der Waals surface area contributed by atoms with E-state index in [1.165, 1.54) is 28.1 Å². The largest absolute Gasteiger partial charge is 0.320 e. The second kappa shape index (κ2) is 10.6. The zero-order valence-corrected chi connectivity index (χ0v) is 19.9. The van der Waals surface area contributed by atoms with Gasteiger partial charge in [-0.3, -0.25) is 9.59 Å². The number of aromatic nitrogens is 1. The molecule has 1 aliphatic rings. The number of piperazine rings is 1. The molecule has 1 fully saturated rings. The highest BCUT2D eigenvalue weighted by atomic mass is 32.2. The number of sulfonamides is 1. The van der Waals surface area contributed by atoms with Gasteiger partial charge >= 0.3 is 0 Å². The normalized spacial score (nSPS) is 17.6. The highest BCUT2D eigenvalue weighted by Crippen LogP contribution is 2.23. The Bertz CT molecular complexity index is 1000. The Morgan fingerprint density at radius 2 is 1.81 bits per heavy atom. The van der Waals surface area contributed by atoms with Crippen molar-refractivity contribution in [1.29, 1.82) is 0 Å². The van der Waals surface area contributed by atoms with Gasteiger partial charge in [-0.15, -0.1) is 11.3 Å². The van der Waals surface area contributed by atoms with E-state index in [1.54, 1.807) is 5.38 Å². The molecule has 2 aromatic rings. The highest BCUT2D eigenvalue weighted by molar-refractivity contribution is 7.89. The second-order valence-corrected chi connectivity index (χ2v) is 10.7. The smallest absolute Gasteiger partial charge is 0.251 e. The number of carbonyl (C=O) groups is 2. The van der Waals surface area contributed by atoms with Crippen LogP contribution in [-0.2, 0) is 26.0 Å². The summed E-state index contributed by atoms with van der Waals surface area (Å²) in [6.45, 7) is 3.50. The summed E-state index contributed by atoms with van der Waals surface area (Å²) in [5.74, 6) is -2.42. The fourth-order valence-electron chi connectivity index (χ4n) is 3.58. The van der Waals surface area contributed by atoms with Crippen LogP contribution in [-0.4, -0.2) is 79.4 Å². The second-order valence-electron chi connectivity index (χ2n) is 8.01. The molecule has 1 aliphatic heterocycles. The van der Waals surface area contributed by atoms with Gasteiger partial charge in [-0.1, -0.05) is 30.3 Å². The quantitative estimate of drug-likeness (QED) is 0.595. The summed E-state index contributed by atoms with van der Waals surface area (Å²) < 4.78 is 27.9. The number of likely N-dealkylation sites (N-methyl/N-ethyl adjacent to an activating group) is 1. The van der Waals surface area contributed by atoms with E-state index < -0.39 is 39.6 Å². The maximum Gasteiger partial charge on any atom is 0.251 e. The van der Waals surface area contributed by atoms with E-state index >= 15 is 0 Å². The summed E-state index contributed by atoms with van der Waals surface area (Å²) in [7, 11) is -1.78. The van der Waals surface area contributed by atoms with Crippen LogP contribution in [0.3, 0.4) is 0 Å². The Kier molecular flexibility index (Phi) is 8.12. The Balaban J connectivity index is 1.92. The van der Waals surface area contributed by atoms with E-state index in [2.05, 4.69) is 9.88 Å². The molecule has 0 bridgehead atoms. The number of hydrogen-bond acceptors (Lipinski definition) is 8. The van der Waals surface area contributed by atoms with E-state index in [9.17, 15) is 18.0 Å². The molecule has 3 rings (SSSR count). The molecule has 11 heteroatoms. The molecule has 0 saturated carbocycles. The zero-order valence-electron chi connectivity index (χ0n) is 18.3. The molecule has 1 aromatic carbocycles. The first-order valence-electron chi connectivity index (χ1n) is 10.4. The number of nitrogens with two attached hydrogens (primary N) is 1. The lowest BCUT2D eigenvalue weighted by Gasteiger charge is -2.33. The average molecular weight is 480 g/mol. The van der Waals surface area contributed by atoms with Crippen LogP contribution in [0.2, 0.25) is 0 Å². The SMILES string of the molecule is C[C@H](N)C(=O)N(C(=O)C(Cc1ccccc1)CS(=O)(=O)N1CCN(C)CC1)c1cscn1. The molecule has 2 amide bonds. The molecule has 32 heavy (non-hydrogen) atoms. The summed E-state index contributed by atoms with van der Waals surface area (Å²) in [6, 6.07) is 8.25. The van der Waals surface area contributed by atoms with Crippen molar-refractivity contribution in [3.8, 4) is 0 Å². The molecule has 1 saturated heterocycles. The van der Waals surface area contributed by atoms with Gasteiger partial charge in [0, 0.05) is 31.6 Å². The van der Waals surface area contributed by atoms with Crippen molar-refractivity contribution in [2.24, 2.45) is 11.7 Å². The standard InChI is InChI=1S/C21H29N5O4S2/c1-16(22)20(27)26(19-13-31-15-23-19)21(28)18(12-17-6-4-3-5-7-17)14-32(29,30)25-10-8-24(2)9-11-25/h3-7,13,15-16,18H,8-12,14,22H2,1-2H3/t16-,18?/m0/s1. The van der Waals surface area contributed by atoms with Gasteiger partial charge in [-0.05, 0) is 26.0 Å². The van der Waals surface area contributed by atoms with Gasteiger partial charge in [0.05, 0.1) is 23.2 Å². The van der Waals surface area contributed by atoms with E-state index in [0.29, 0.717) is 26.2 Å². The molecule has 9 nitrogen and oxygen atoms in total. The lowest BCUT2D eigenvalue weighted by atomic mass is 9.99. The number of imide groups is 1. The van der Waals surface area contributed by atoms with Gasteiger partial charge in [-0.2, -0.15) is 4.31 Å². The van der Waals surface area contributed by atoms with Gasteiger partial charge in [-0.25, -0.2) is 18.3 Å². The summed E-state index contributed by atoms with van der Waals surface area (Å²) in [5, 5.41) is 1.58. The topological polar surface area (TPSA) is 117 Å². The third-order valence-electron chi connectivity index (χ3n) is 5.42. The van der Waals surface area contributed by atoms with Crippen LogP contribution in [0, 0.1) is 5.92 Å². The molecule has 1 unspecified atom stereocenters. The number of rotatable bonds is 8. The van der Waals surface area contributed by atoms with Crippen LogP contribution < -0.4 is 10.6 Å². The molecule has 2 heterocycles. The monoisotopic (exact) mass is 479 g/mol. The lowest BCUT2D eigenvalue weighted by molar-refractivity contribution is -0.129. The van der Waals surface area contributed by atoms with Gasteiger partial charge < -0.3 is 10.6 Å². The van der Waals surface area contributed by atoms with E-state index in [4.69, 9.17) is 5.73 Å². The van der Waals surface area contributed by atoms with Crippen LogP contribution in [0.4, 0.5) is 5.82 Å². The molecule has 0 radical (unpaired) electrons. The number of thiazole rings is 1. The van der Waals surface area contributed by atoms with Gasteiger partial charge in [0.1, 0.15) is 0 Å². The van der Waals surface area contributed by atoms with Crippen LogP contribution in [0.15, 0.2) is 41.2 Å². The number of anilines is 1. The lowest BCUT2D eigenvalue weighted by Crippen LogP contribution is -2.52. The van der Waals surface area contributed by atoms with Crippen LogP contribution in [0.5, 0.6) is 0 Å². The molecule has 0 spiro atoms. The highest BCUT2D eigenvalue weighted by Gasteiger charge is 2.37. The Morgan fingerprint density at radius 1 is 1.16 bits per heavy atom. The minimum atomic E-state index is -3.72. The predicted octanol–water partition coefficient (Wildman–Crippen LogP) is 0.786. The number of amides is 2. The molecular weight excluding hydrogens is 450 g/mol. The van der Waals surface area contributed by atoms with Crippen LogP contribution in [0.1, 0.15) is 12.5 Å². The van der Waals surface area contributed by atoms with Crippen molar-refractivity contribution in [2.45, 2.75) is 19.4 Å². The Morgan fingerprint density at radius 3 is 2.38 bits per heavy atom. The van der Waals surface area contributed by atoms with E-state index in [0.717, 1.165) is 10.5 Å². The van der Waals surface area contributed by atoms with Crippen LogP contribution >= 0.6 is 11.3 Å². The summed E-state index contributed by atoms with van der Waals surface area (Å²) in [6.07, 6.45) is 0.180. The minimum Gasteiger partial charge on any atom is -0.320 e. The van der Waals surface area contributed by atoms with Gasteiger partial charge in [0.2, 0.25) is 15.9 Å². The van der Waals surface area contributed by atoms with Crippen molar-refractivity contribution in [1.82, 2.24) is 14.2 Å². The summed E-state index contributed by atoms with van der Waals surface area (Å²) in [4.78, 5) is 33.6. The number of benzene rings is 1. The maximum atomic E-state index is 13.6. The van der Waals surface area contributed by atoms with Crippen molar-refractivity contribution >= 4 is 39.0 Å². The average Bonchev–Trinajstić information content (AvgIpc) is 3.28. The zero-order chi connectivity index (χ0) is 23.3. The number of carbonyl (C=O) groups excluding carboxylic acids is 2. The maximum absolute atomic E-state index is 13.6. The van der Waals surface area contributed by atoms with Crippen molar-refractivity contribution < 1.29 is 18.0 Å². The molecular formula is C21H29N5O4S2. The van der Waals surface area contributed by atoms with Gasteiger partial charge in [0.15, 0.2) is 5.82 Å². The fourth-order valence-corrected chi connectivity index (χ4v) is 5.80. The molecule has 0 aliphatic carbocycles. The van der Waals surface area contributed by atoms with E-state index in [1.807, 2.05) is 37.4 Å². The third kappa shape index (κ3) is 5.99. The first-order valence-corrected chi connectivity index (χ1v) is 13.0. The Hall–Kier alpha value is -2.18. The predicted molar refractivity (Wildman–Crippen MR) is 125 cm³/mol. The Labute approximate surface area is 192 Å². The van der Waals surface area contributed by atoms with Crippen molar-refractivity contribution in [2.75, 3.05) is 43.9 Å². The van der Waals surface area contributed by atoms with E-state index in [-0.39, 0.29) is 12.2 Å². The first kappa shape index (κ1) is 24.5. The molecule has 2 N–H and O–H groups in total. The third-order valence-corrected chi connectivity index (χ3v) is 7.97.